The third kappa shape index (κ3) is 3.88. The molecule has 0 atom stereocenters. The third-order valence-corrected chi connectivity index (χ3v) is 2.63. The zero-order valence-electron chi connectivity index (χ0n) is 10.7. The highest BCUT2D eigenvalue weighted by atomic mass is 19.3. The Morgan fingerprint density at radius 1 is 1.05 bits per heavy atom. The Hall–Kier alpha value is -2.70. The number of hydrogen-bond donors (Lipinski definition) is 0. The predicted molar refractivity (Wildman–Crippen MR) is 70.5 cm³/mol. The minimum absolute atomic E-state index is 0.0221. The van der Waals surface area contributed by atoms with Crippen molar-refractivity contribution in [3.8, 4) is 11.5 Å². The lowest BCUT2D eigenvalue weighted by Gasteiger charge is -2.11. The molecule has 0 aliphatic heterocycles. The maximum atomic E-state index is 12.3. The van der Waals surface area contributed by atoms with Gasteiger partial charge in [0.1, 0.15) is 12.4 Å². The van der Waals surface area contributed by atoms with E-state index in [1.54, 1.807) is 24.3 Å². The zero-order chi connectivity index (χ0) is 15.2. The molecule has 7 heteroatoms. The lowest BCUT2D eigenvalue weighted by Crippen LogP contribution is -2.06. The van der Waals surface area contributed by atoms with Crippen molar-refractivity contribution in [2.24, 2.45) is 0 Å². The molecule has 2 aromatic rings. The molecule has 0 fully saturated rings. The van der Waals surface area contributed by atoms with E-state index in [-0.39, 0.29) is 23.8 Å². The van der Waals surface area contributed by atoms with Gasteiger partial charge in [-0.3, -0.25) is 10.1 Å². The summed E-state index contributed by atoms with van der Waals surface area (Å²) in [6, 6.07) is 12.0. The summed E-state index contributed by atoms with van der Waals surface area (Å²) in [6.07, 6.45) is 0. The van der Waals surface area contributed by atoms with Crippen LogP contribution in [0.1, 0.15) is 5.56 Å². The Labute approximate surface area is 118 Å². The smallest absolute Gasteiger partial charge is 0.387 e. The number of halogens is 2. The van der Waals surface area contributed by atoms with E-state index in [0.29, 0.717) is 5.56 Å². The van der Waals surface area contributed by atoms with Gasteiger partial charge in [0.15, 0.2) is 5.75 Å². The first kappa shape index (κ1) is 14.7. The van der Waals surface area contributed by atoms with E-state index in [4.69, 9.17) is 4.74 Å². The lowest BCUT2D eigenvalue weighted by molar-refractivity contribution is -0.385. The molecule has 2 aromatic carbocycles. The fraction of sp³-hybridized carbons (Fsp3) is 0.143. The van der Waals surface area contributed by atoms with Crippen LogP contribution in [0.2, 0.25) is 0 Å². The summed E-state index contributed by atoms with van der Waals surface area (Å²) in [4.78, 5) is 10.3. The van der Waals surface area contributed by atoms with Gasteiger partial charge in [0.2, 0.25) is 0 Å². The topological polar surface area (TPSA) is 61.6 Å². The molecule has 0 spiro atoms. The molecule has 0 aromatic heterocycles. The van der Waals surface area contributed by atoms with Crippen LogP contribution in [-0.2, 0) is 6.61 Å². The van der Waals surface area contributed by atoms with Crippen molar-refractivity contribution in [2.45, 2.75) is 13.2 Å². The fourth-order valence-electron chi connectivity index (χ4n) is 1.72. The highest BCUT2D eigenvalue weighted by Crippen LogP contribution is 2.28. The van der Waals surface area contributed by atoms with Crippen LogP contribution in [-0.4, -0.2) is 11.5 Å². The second-order valence-electron chi connectivity index (χ2n) is 4.00. The van der Waals surface area contributed by atoms with E-state index >= 15 is 0 Å². The van der Waals surface area contributed by atoms with Crippen molar-refractivity contribution in [3.05, 3.63) is 64.2 Å². The average Bonchev–Trinajstić information content (AvgIpc) is 2.46. The van der Waals surface area contributed by atoms with Gasteiger partial charge in [0.05, 0.1) is 4.92 Å². The number of nitro benzene ring substituents is 1. The van der Waals surface area contributed by atoms with Crippen LogP contribution in [0.4, 0.5) is 14.5 Å². The van der Waals surface area contributed by atoms with E-state index < -0.39 is 11.5 Å². The molecule has 0 N–H and O–H groups in total. The summed E-state index contributed by atoms with van der Waals surface area (Å²) in [5, 5.41) is 10.8. The summed E-state index contributed by atoms with van der Waals surface area (Å²) >= 11 is 0. The number of benzene rings is 2. The van der Waals surface area contributed by atoms with E-state index in [1.165, 1.54) is 24.3 Å². The van der Waals surface area contributed by atoms with Crippen molar-refractivity contribution >= 4 is 5.69 Å². The first-order chi connectivity index (χ1) is 10.1. The molecule has 21 heavy (non-hydrogen) atoms. The molecule has 0 unspecified atom stereocenters. The van der Waals surface area contributed by atoms with Gasteiger partial charge in [0.25, 0.3) is 0 Å². The molecule has 0 aliphatic rings. The Morgan fingerprint density at radius 2 is 1.67 bits per heavy atom. The third-order valence-electron chi connectivity index (χ3n) is 2.63. The lowest BCUT2D eigenvalue weighted by atomic mass is 10.2. The summed E-state index contributed by atoms with van der Waals surface area (Å²) in [6.45, 7) is -3.06. The first-order valence-corrected chi connectivity index (χ1v) is 5.97. The van der Waals surface area contributed by atoms with Crippen molar-refractivity contribution in [2.75, 3.05) is 0 Å². The number of hydrogen-bond acceptors (Lipinski definition) is 4. The molecule has 110 valence electrons. The van der Waals surface area contributed by atoms with Gasteiger partial charge in [-0.2, -0.15) is 8.78 Å². The maximum absolute atomic E-state index is 12.3. The molecule has 2 rings (SSSR count). The van der Waals surface area contributed by atoms with Crippen LogP contribution in [0.15, 0.2) is 48.5 Å². The Bertz CT molecular complexity index is 634. The van der Waals surface area contributed by atoms with E-state index in [1.807, 2.05) is 0 Å². The van der Waals surface area contributed by atoms with Crippen LogP contribution in [0.5, 0.6) is 11.5 Å². The largest absolute Gasteiger partial charge is 0.482 e. The van der Waals surface area contributed by atoms with Crippen molar-refractivity contribution in [3.63, 3.8) is 0 Å². The summed E-state index contributed by atoms with van der Waals surface area (Å²) in [7, 11) is 0. The minimum Gasteiger partial charge on any atom is -0.482 e. The highest BCUT2D eigenvalue weighted by molar-refractivity contribution is 5.46. The number of ether oxygens (including phenoxy) is 2. The summed E-state index contributed by atoms with van der Waals surface area (Å²) < 4.78 is 34.3. The second kappa shape index (κ2) is 6.65. The molecular weight excluding hydrogens is 284 g/mol. The van der Waals surface area contributed by atoms with Crippen molar-refractivity contribution in [1.29, 1.82) is 0 Å². The number of nitro groups is 1. The molecule has 0 saturated heterocycles. The summed E-state index contributed by atoms with van der Waals surface area (Å²) in [5.74, 6) is 0.0421. The Balaban J connectivity index is 2.15. The van der Waals surface area contributed by atoms with Crippen LogP contribution in [0.25, 0.3) is 0 Å². The second-order valence-corrected chi connectivity index (χ2v) is 4.00. The molecule has 0 heterocycles. The number of para-hydroxylation sites is 3. The fourth-order valence-corrected chi connectivity index (χ4v) is 1.72. The monoisotopic (exact) mass is 295 g/mol. The molecule has 0 bridgehead atoms. The molecule has 5 nitrogen and oxygen atoms in total. The van der Waals surface area contributed by atoms with Crippen molar-refractivity contribution < 1.29 is 23.2 Å². The number of alkyl halides is 2. The van der Waals surface area contributed by atoms with Gasteiger partial charge < -0.3 is 9.47 Å². The molecule has 0 saturated carbocycles. The first-order valence-electron chi connectivity index (χ1n) is 5.97. The normalized spacial score (nSPS) is 10.4. The van der Waals surface area contributed by atoms with Gasteiger partial charge in [-0.25, -0.2) is 0 Å². The van der Waals surface area contributed by atoms with Crippen LogP contribution < -0.4 is 9.47 Å². The maximum Gasteiger partial charge on any atom is 0.387 e. The average molecular weight is 295 g/mol. The van der Waals surface area contributed by atoms with Gasteiger partial charge in [-0.05, 0) is 12.1 Å². The van der Waals surface area contributed by atoms with Gasteiger partial charge in [-0.1, -0.05) is 30.3 Å². The standard InChI is InChI=1S/C14H11F2NO4/c15-14(16)21-12-7-3-1-5-10(12)9-20-13-8-4-2-6-11(13)17(18)19/h1-8,14H,9H2. The quantitative estimate of drug-likeness (QED) is 0.601. The SMILES string of the molecule is O=[N+]([O-])c1ccccc1OCc1ccccc1OC(F)F. The molecular formula is C14H11F2NO4. The zero-order valence-corrected chi connectivity index (χ0v) is 10.7. The number of nitrogens with zero attached hydrogens (tertiary/aromatic N) is 1. The predicted octanol–water partition coefficient (Wildman–Crippen LogP) is 3.78. The van der Waals surface area contributed by atoms with E-state index in [2.05, 4.69) is 4.74 Å². The Morgan fingerprint density at radius 3 is 2.33 bits per heavy atom. The van der Waals surface area contributed by atoms with Gasteiger partial charge in [0, 0.05) is 11.6 Å². The molecule has 0 aliphatic carbocycles. The van der Waals surface area contributed by atoms with E-state index in [9.17, 15) is 18.9 Å². The van der Waals surface area contributed by atoms with Crippen molar-refractivity contribution in [1.82, 2.24) is 0 Å². The number of rotatable bonds is 6. The van der Waals surface area contributed by atoms with Gasteiger partial charge in [-0.15, -0.1) is 0 Å². The van der Waals surface area contributed by atoms with Crippen LogP contribution in [0.3, 0.4) is 0 Å². The minimum atomic E-state index is -2.95. The highest BCUT2D eigenvalue weighted by Gasteiger charge is 2.15. The molecule has 0 amide bonds. The Kier molecular flexibility index (Phi) is 4.65. The van der Waals surface area contributed by atoms with Crippen LogP contribution >= 0.6 is 0 Å². The van der Waals surface area contributed by atoms with E-state index in [0.717, 1.165) is 0 Å². The van der Waals surface area contributed by atoms with Gasteiger partial charge >= 0.3 is 12.3 Å². The molecule has 0 radical (unpaired) electrons. The summed E-state index contributed by atoms with van der Waals surface area (Å²) in [5.41, 5.74) is 0.181. The van der Waals surface area contributed by atoms with Crippen LogP contribution in [0, 0.1) is 10.1 Å².